The largest absolute Gasteiger partial charge is 0.0993 e. The van der Waals surface area contributed by atoms with Crippen molar-refractivity contribution in [2.24, 2.45) is 5.92 Å². The quantitative estimate of drug-likeness (QED) is 0.483. The zero-order valence-electron chi connectivity index (χ0n) is 17.8. The molecule has 0 unspecified atom stereocenters. The first-order valence-electron chi connectivity index (χ1n) is 10.7. The monoisotopic (exact) mass is 350 g/mol. The number of rotatable bonds is 4. The molecule has 0 amide bonds. The molecule has 0 bridgehead atoms. The number of allylic oxidation sites excluding steroid dienone is 3. The lowest BCUT2D eigenvalue weighted by molar-refractivity contribution is 0.332. The summed E-state index contributed by atoms with van der Waals surface area (Å²) in [6.45, 7) is 16.3. The van der Waals surface area contributed by atoms with Gasteiger partial charge in [0.15, 0.2) is 0 Å². The van der Waals surface area contributed by atoms with Gasteiger partial charge in [-0.1, -0.05) is 83.4 Å². The third-order valence-electron chi connectivity index (χ3n) is 7.16. The summed E-state index contributed by atoms with van der Waals surface area (Å²) in [4.78, 5) is 0. The van der Waals surface area contributed by atoms with Gasteiger partial charge in [0, 0.05) is 0 Å². The molecule has 0 nitrogen and oxygen atoms in total. The van der Waals surface area contributed by atoms with Crippen LogP contribution in [0, 0.1) is 5.92 Å². The van der Waals surface area contributed by atoms with Gasteiger partial charge in [0.25, 0.3) is 0 Å². The summed E-state index contributed by atoms with van der Waals surface area (Å²) in [5.41, 5.74) is 7.95. The lowest BCUT2D eigenvalue weighted by Crippen LogP contribution is -2.33. The fourth-order valence-corrected chi connectivity index (χ4v) is 4.91. The minimum Gasteiger partial charge on any atom is -0.0993 e. The number of hydrogen-bond acceptors (Lipinski definition) is 0. The number of benzene rings is 1. The molecular weight excluding hydrogens is 312 g/mol. The third-order valence-corrected chi connectivity index (χ3v) is 7.16. The van der Waals surface area contributed by atoms with Crippen molar-refractivity contribution < 1.29 is 0 Å². The van der Waals surface area contributed by atoms with Crippen LogP contribution in [-0.4, -0.2) is 0 Å². The highest BCUT2D eigenvalue weighted by molar-refractivity contribution is 5.66. The smallest absolute Gasteiger partial charge is 0.0100 e. The topological polar surface area (TPSA) is 0 Å². The highest BCUT2D eigenvalue weighted by Crippen LogP contribution is 2.46. The van der Waals surface area contributed by atoms with E-state index in [1.165, 1.54) is 61.7 Å². The summed E-state index contributed by atoms with van der Waals surface area (Å²) >= 11 is 0. The normalized spacial score (nSPS) is 22.7. The van der Waals surface area contributed by atoms with E-state index in [0.717, 1.165) is 12.3 Å². The highest BCUT2D eigenvalue weighted by Gasteiger charge is 2.36. The molecule has 0 heteroatoms. The Labute approximate surface area is 161 Å². The highest BCUT2D eigenvalue weighted by atomic mass is 14.4. The van der Waals surface area contributed by atoms with Crippen LogP contribution in [-0.2, 0) is 10.8 Å². The molecule has 3 rings (SSSR count). The number of hydrogen-bond donors (Lipinski definition) is 0. The van der Waals surface area contributed by atoms with Crippen molar-refractivity contribution in [2.45, 2.75) is 96.8 Å². The molecule has 0 aliphatic heterocycles. The van der Waals surface area contributed by atoms with Crippen molar-refractivity contribution in [3.63, 3.8) is 0 Å². The van der Waals surface area contributed by atoms with Crippen LogP contribution in [0.3, 0.4) is 0 Å². The van der Waals surface area contributed by atoms with Crippen LogP contribution in [0.1, 0.15) is 103 Å². The predicted molar refractivity (Wildman–Crippen MR) is 116 cm³/mol. The molecule has 0 heterocycles. The minimum atomic E-state index is 0.285. The summed E-state index contributed by atoms with van der Waals surface area (Å²) in [6.07, 6.45) is 12.9. The molecule has 0 spiro atoms. The Hall–Kier alpha value is -1.30. The fraction of sp³-hybridized carbons (Fsp3) is 0.615. The molecule has 2 aliphatic rings. The van der Waals surface area contributed by atoms with E-state index in [-0.39, 0.29) is 5.41 Å². The van der Waals surface area contributed by atoms with Crippen molar-refractivity contribution in [2.75, 3.05) is 0 Å². The second-order valence-corrected chi connectivity index (χ2v) is 10.1. The third kappa shape index (κ3) is 4.00. The maximum Gasteiger partial charge on any atom is -0.0100 e. The molecule has 0 N–H and O–H groups in total. The van der Waals surface area contributed by atoms with Crippen molar-refractivity contribution in [3.05, 3.63) is 53.1 Å². The molecule has 26 heavy (non-hydrogen) atoms. The Balaban J connectivity index is 1.80. The van der Waals surface area contributed by atoms with E-state index in [4.69, 9.17) is 0 Å². The van der Waals surface area contributed by atoms with E-state index in [2.05, 4.69) is 65.5 Å². The van der Waals surface area contributed by atoms with Crippen LogP contribution in [0.4, 0.5) is 0 Å². The minimum absolute atomic E-state index is 0.285. The molecule has 0 radical (unpaired) electrons. The Bertz CT molecular complexity index is 693. The summed E-state index contributed by atoms with van der Waals surface area (Å²) < 4.78 is 0. The van der Waals surface area contributed by atoms with Crippen molar-refractivity contribution in [3.8, 4) is 0 Å². The first-order valence-corrected chi connectivity index (χ1v) is 10.7. The zero-order chi connectivity index (χ0) is 18.9. The molecule has 1 aromatic rings. The van der Waals surface area contributed by atoms with Crippen LogP contribution in [0.2, 0.25) is 0 Å². The summed E-state index contributed by atoms with van der Waals surface area (Å²) in [5, 5.41) is 0. The predicted octanol–water partition coefficient (Wildman–Crippen LogP) is 7.97. The van der Waals surface area contributed by atoms with Crippen molar-refractivity contribution >= 4 is 5.57 Å². The van der Waals surface area contributed by atoms with Gasteiger partial charge in [-0.15, -0.1) is 0 Å². The van der Waals surface area contributed by atoms with Crippen molar-refractivity contribution in [1.82, 2.24) is 0 Å². The molecule has 1 aromatic carbocycles. The molecule has 1 saturated carbocycles. The maximum absolute atomic E-state index is 4.41. The van der Waals surface area contributed by atoms with Crippen LogP contribution in [0.5, 0.6) is 0 Å². The van der Waals surface area contributed by atoms with Gasteiger partial charge < -0.3 is 0 Å². The standard InChI is InChI=1S/C26H38/c1-19(21-10-8-7-9-11-21)12-13-20(2)22-14-15-23-24(18-22)26(5,6)17-16-25(23,3)4/h13-15,18,21H,1,7-12,16-17H2,2-6H3/b20-13+. The molecule has 1 fully saturated rings. The van der Waals surface area contributed by atoms with E-state index in [1.807, 2.05) is 0 Å². The van der Waals surface area contributed by atoms with Crippen molar-refractivity contribution in [1.29, 1.82) is 0 Å². The fourth-order valence-electron chi connectivity index (χ4n) is 4.91. The first kappa shape index (κ1) is 19.5. The van der Waals surface area contributed by atoms with Gasteiger partial charge in [-0.3, -0.25) is 0 Å². The lowest BCUT2D eigenvalue weighted by Gasteiger charge is -2.42. The first-order chi connectivity index (χ1) is 12.2. The summed E-state index contributed by atoms with van der Waals surface area (Å²) in [7, 11) is 0. The van der Waals surface area contributed by atoms with E-state index in [1.54, 1.807) is 11.1 Å². The van der Waals surface area contributed by atoms with Crippen LogP contribution < -0.4 is 0 Å². The average molecular weight is 351 g/mol. The molecule has 2 aliphatic carbocycles. The second kappa shape index (κ2) is 7.37. The average Bonchev–Trinajstić information content (AvgIpc) is 2.63. The Kier molecular flexibility index (Phi) is 5.52. The van der Waals surface area contributed by atoms with Gasteiger partial charge >= 0.3 is 0 Å². The van der Waals surface area contributed by atoms with E-state index >= 15 is 0 Å². The molecule has 0 saturated heterocycles. The van der Waals surface area contributed by atoms with E-state index in [9.17, 15) is 0 Å². The Morgan fingerprint density at radius 3 is 2.27 bits per heavy atom. The second-order valence-electron chi connectivity index (χ2n) is 10.1. The van der Waals surface area contributed by atoms with E-state index in [0.29, 0.717) is 5.41 Å². The summed E-state index contributed by atoms with van der Waals surface area (Å²) in [6, 6.07) is 7.22. The lowest BCUT2D eigenvalue weighted by atomic mass is 9.63. The Morgan fingerprint density at radius 1 is 1.00 bits per heavy atom. The maximum atomic E-state index is 4.41. The molecule has 142 valence electrons. The molecular formula is C26H38. The van der Waals surface area contributed by atoms with Gasteiger partial charge in [0.2, 0.25) is 0 Å². The number of fused-ring (bicyclic) bond motifs is 1. The van der Waals surface area contributed by atoms with Gasteiger partial charge in [0.1, 0.15) is 0 Å². The summed E-state index contributed by atoms with van der Waals surface area (Å²) in [5.74, 6) is 0.760. The SMILES string of the molecule is C=C(C/C=C(\C)c1ccc2c(c1)C(C)(C)CCC2(C)C)C1CCCCC1. The van der Waals surface area contributed by atoms with Crippen LogP contribution >= 0.6 is 0 Å². The van der Waals surface area contributed by atoms with Gasteiger partial charge in [-0.25, -0.2) is 0 Å². The molecule has 0 atom stereocenters. The zero-order valence-corrected chi connectivity index (χ0v) is 17.8. The van der Waals surface area contributed by atoms with E-state index < -0.39 is 0 Å². The van der Waals surface area contributed by atoms with Gasteiger partial charge in [0.05, 0.1) is 0 Å². The van der Waals surface area contributed by atoms with Crippen LogP contribution in [0.15, 0.2) is 36.4 Å². The Morgan fingerprint density at radius 2 is 1.62 bits per heavy atom. The molecule has 0 aromatic heterocycles. The van der Waals surface area contributed by atoms with Gasteiger partial charge in [-0.2, -0.15) is 0 Å². The van der Waals surface area contributed by atoms with Crippen LogP contribution in [0.25, 0.3) is 5.57 Å². The van der Waals surface area contributed by atoms with Gasteiger partial charge in [-0.05, 0) is 78.0 Å².